The Kier molecular flexibility index (Phi) is 6.76. The van der Waals surface area contributed by atoms with Gasteiger partial charge in [-0.3, -0.25) is 10.1 Å². The number of nitro benzene ring substituents is 1. The maximum atomic E-state index is 12.3. The largest absolute Gasteiger partial charge is 0.308 e. The van der Waals surface area contributed by atoms with Gasteiger partial charge in [0.05, 0.1) is 14.7 Å². The Hall–Kier alpha value is -1.94. The van der Waals surface area contributed by atoms with Crippen molar-refractivity contribution in [1.29, 1.82) is 0 Å². The van der Waals surface area contributed by atoms with E-state index in [2.05, 4.69) is 4.72 Å². The first-order chi connectivity index (χ1) is 12.2. The van der Waals surface area contributed by atoms with Crippen molar-refractivity contribution in [1.82, 2.24) is 9.62 Å². The van der Waals surface area contributed by atoms with Gasteiger partial charge in [0, 0.05) is 24.1 Å². The normalized spacial score (nSPS) is 11.7. The predicted octanol–water partition coefficient (Wildman–Crippen LogP) is 2.89. The molecule has 26 heavy (non-hydrogen) atoms. The molecule has 0 amide bonds. The second-order valence-electron chi connectivity index (χ2n) is 6.00. The highest BCUT2D eigenvalue weighted by Gasteiger charge is 2.21. The van der Waals surface area contributed by atoms with Crippen molar-refractivity contribution >= 4 is 27.5 Å². The van der Waals surface area contributed by atoms with Crippen LogP contribution in [0.3, 0.4) is 0 Å². The number of nitrogens with one attached hydrogen (secondary N) is 1. The van der Waals surface area contributed by atoms with Gasteiger partial charge in [-0.15, -0.1) is 0 Å². The Morgan fingerprint density at radius 1 is 1.15 bits per heavy atom. The van der Waals surface area contributed by atoms with Crippen LogP contribution in [0.4, 0.5) is 5.69 Å². The second kappa shape index (κ2) is 8.63. The molecule has 0 unspecified atom stereocenters. The minimum atomic E-state index is -3.80. The Morgan fingerprint density at radius 3 is 2.38 bits per heavy atom. The lowest BCUT2D eigenvalue weighted by Crippen LogP contribution is -2.31. The predicted molar refractivity (Wildman–Crippen MR) is 102 cm³/mol. The molecule has 0 radical (unpaired) electrons. The molecule has 1 N–H and O–H groups in total. The minimum absolute atomic E-state index is 0.115. The fourth-order valence-corrected chi connectivity index (χ4v) is 4.05. The van der Waals surface area contributed by atoms with E-state index in [0.717, 1.165) is 16.5 Å². The van der Waals surface area contributed by atoms with Gasteiger partial charge in [-0.05, 0) is 45.3 Å². The van der Waals surface area contributed by atoms with Gasteiger partial charge in [0.1, 0.15) is 0 Å². The highest BCUT2D eigenvalue weighted by molar-refractivity contribution is 7.99. The monoisotopic (exact) mass is 395 g/mol. The van der Waals surface area contributed by atoms with Gasteiger partial charge in [0.15, 0.2) is 0 Å². The van der Waals surface area contributed by atoms with Crippen LogP contribution < -0.4 is 4.72 Å². The van der Waals surface area contributed by atoms with Crippen molar-refractivity contribution in [3.05, 3.63) is 58.1 Å². The van der Waals surface area contributed by atoms with Crippen LogP contribution in [-0.2, 0) is 10.0 Å². The van der Waals surface area contributed by atoms with E-state index in [1.54, 1.807) is 0 Å². The molecule has 0 atom stereocenters. The summed E-state index contributed by atoms with van der Waals surface area (Å²) in [5.74, 6) is 0. The summed E-state index contributed by atoms with van der Waals surface area (Å²) in [6, 6.07) is 11.6. The summed E-state index contributed by atoms with van der Waals surface area (Å²) in [6.45, 7) is 2.71. The SMILES string of the molecule is Cc1ccc(Sc2ccc(S(=O)(=O)NCCN(C)C)cc2[N+](=O)[O-])cc1. The van der Waals surface area contributed by atoms with Crippen LogP contribution in [0.2, 0.25) is 0 Å². The lowest BCUT2D eigenvalue weighted by molar-refractivity contribution is -0.388. The zero-order chi connectivity index (χ0) is 19.3. The van der Waals surface area contributed by atoms with Gasteiger partial charge < -0.3 is 4.90 Å². The smallest absolute Gasteiger partial charge is 0.284 e. The molecular formula is C17H21N3O4S2. The first kappa shape index (κ1) is 20.4. The van der Waals surface area contributed by atoms with Crippen LogP contribution >= 0.6 is 11.8 Å². The molecule has 0 aromatic heterocycles. The molecule has 0 aliphatic carbocycles. The molecule has 2 aromatic rings. The highest BCUT2D eigenvalue weighted by Crippen LogP contribution is 2.36. The van der Waals surface area contributed by atoms with E-state index in [0.29, 0.717) is 11.4 Å². The molecule has 0 heterocycles. The third kappa shape index (κ3) is 5.53. The number of hydrogen-bond acceptors (Lipinski definition) is 6. The van der Waals surface area contributed by atoms with Crippen molar-refractivity contribution < 1.29 is 13.3 Å². The lowest BCUT2D eigenvalue weighted by atomic mass is 10.2. The van der Waals surface area contributed by atoms with Gasteiger partial charge in [0.2, 0.25) is 10.0 Å². The summed E-state index contributed by atoms with van der Waals surface area (Å²) in [6.07, 6.45) is 0. The summed E-state index contributed by atoms with van der Waals surface area (Å²) in [7, 11) is -0.138. The summed E-state index contributed by atoms with van der Waals surface area (Å²) in [5.41, 5.74) is 0.861. The molecule has 9 heteroatoms. The number of benzene rings is 2. The van der Waals surface area contributed by atoms with E-state index in [4.69, 9.17) is 0 Å². The molecule has 0 saturated carbocycles. The molecule has 140 valence electrons. The van der Waals surface area contributed by atoms with Crippen molar-refractivity contribution in [2.75, 3.05) is 27.2 Å². The highest BCUT2D eigenvalue weighted by atomic mass is 32.2. The maximum absolute atomic E-state index is 12.3. The van der Waals surface area contributed by atoms with Gasteiger partial charge in [-0.1, -0.05) is 29.5 Å². The summed E-state index contributed by atoms with van der Waals surface area (Å²) in [4.78, 5) is 13.8. The topological polar surface area (TPSA) is 92.6 Å². The standard InChI is InChI=1S/C17H21N3O4S2/c1-13-4-6-14(7-5-13)25-17-9-8-15(12-16(17)20(21)22)26(23,24)18-10-11-19(2)3/h4-9,12,18H,10-11H2,1-3H3. The zero-order valence-corrected chi connectivity index (χ0v) is 16.4. The Bertz CT molecular complexity index is 881. The third-order valence-electron chi connectivity index (χ3n) is 3.54. The molecule has 2 rings (SSSR count). The molecule has 0 aliphatic rings. The molecule has 2 aromatic carbocycles. The number of sulfonamides is 1. The van der Waals surface area contributed by atoms with Gasteiger partial charge in [-0.2, -0.15) is 0 Å². The van der Waals surface area contributed by atoms with E-state index in [1.165, 1.54) is 23.9 Å². The maximum Gasteiger partial charge on any atom is 0.284 e. The van der Waals surface area contributed by atoms with Gasteiger partial charge >= 0.3 is 0 Å². The first-order valence-corrected chi connectivity index (χ1v) is 10.2. The van der Waals surface area contributed by atoms with E-state index < -0.39 is 14.9 Å². The minimum Gasteiger partial charge on any atom is -0.308 e. The van der Waals surface area contributed by atoms with E-state index in [9.17, 15) is 18.5 Å². The lowest BCUT2D eigenvalue weighted by Gasteiger charge is -2.11. The molecule has 0 spiro atoms. The number of likely N-dealkylation sites (N-methyl/N-ethyl adjacent to an activating group) is 1. The first-order valence-electron chi connectivity index (χ1n) is 7.86. The molecule has 7 nitrogen and oxygen atoms in total. The Labute approximate surface area is 157 Å². The van der Waals surface area contributed by atoms with Crippen molar-refractivity contribution in [2.45, 2.75) is 21.6 Å². The fraction of sp³-hybridized carbons (Fsp3) is 0.294. The van der Waals surface area contributed by atoms with E-state index >= 15 is 0 Å². The third-order valence-corrected chi connectivity index (χ3v) is 6.07. The van der Waals surface area contributed by atoms with Crippen LogP contribution in [-0.4, -0.2) is 45.4 Å². The van der Waals surface area contributed by atoms with Crippen molar-refractivity contribution in [3.8, 4) is 0 Å². The summed E-state index contributed by atoms with van der Waals surface area (Å²) >= 11 is 1.23. The molecule has 0 aliphatic heterocycles. The fourth-order valence-electron chi connectivity index (χ4n) is 2.11. The number of nitro groups is 1. The summed E-state index contributed by atoms with van der Waals surface area (Å²) < 4.78 is 27.1. The summed E-state index contributed by atoms with van der Waals surface area (Å²) in [5, 5.41) is 11.4. The Balaban J connectivity index is 2.27. The van der Waals surface area contributed by atoms with E-state index in [-0.39, 0.29) is 17.1 Å². The zero-order valence-electron chi connectivity index (χ0n) is 14.8. The van der Waals surface area contributed by atoms with Crippen LogP contribution in [0.1, 0.15) is 5.56 Å². The number of aryl methyl sites for hydroxylation is 1. The number of nitrogens with zero attached hydrogens (tertiary/aromatic N) is 2. The van der Waals surface area contributed by atoms with Crippen molar-refractivity contribution in [3.63, 3.8) is 0 Å². The van der Waals surface area contributed by atoms with Crippen LogP contribution in [0.5, 0.6) is 0 Å². The Morgan fingerprint density at radius 2 is 1.81 bits per heavy atom. The molecular weight excluding hydrogens is 374 g/mol. The van der Waals surface area contributed by atoms with E-state index in [1.807, 2.05) is 50.2 Å². The van der Waals surface area contributed by atoms with Gasteiger partial charge in [0.25, 0.3) is 5.69 Å². The van der Waals surface area contributed by atoms with Crippen LogP contribution in [0.25, 0.3) is 0 Å². The average molecular weight is 396 g/mol. The number of rotatable bonds is 8. The quantitative estimate of drug-likeness (QED) is 0.546. The van der Waals surface area contributed by atoms with Crippen molar-refractivity contribution in [2.24, 2.45) is 0 Å². The molecule has 0 saturated heterocycles. The average Bonchev–Trinajstić information content (AvgIpc) is 2.56. The second-order valence-corrected chi connectivity index (χ2v) is 8.89. The molecule has 0 fully saturated rings. The number of hydrogen-bond donors (Lipinski definition) is 1. The molecule has 0 bridgehead atoms. The van der Waals surface area contributed by atoms with Crippen LogP contribution in [0.15, 0.2) is 57.2 Å². The van der Waals surface area contributed by atoms with Gasteiger partial charge in [-0.25, -0.2) is 13.1 Å². The van der Waals surface area contributed by atoms with Crippen LogP contribution in [0, 0.1) is 17.0 Å².